The second-order valence-corrected chi connectivity index (χ2v) is 7.79. The molecule has 0 atom stereocenters. The van der Waals surface area contributed by atoms with Gasteiger partial charge in [-0.05, 0) is 89.3 Å². The predicted octanol–water partition coefficient (Wildman–Crippen LogP) is 7.15. The average Bonchev–Trinajstić information content (AvgIpc) is 2.76. The Kier molecular flexibility index (Phi) is 13.4. The molecule has 0 spiro atoms. The predicted molar refractivity (Wildman–Crippen MR) is 124 cm³/mol. The number of benzene rings is 1. The molecule has 1 aromatic carbocycles. The van der Waals surface area contributed by atoms with Crippen molar-refractivity contribution in [3.05, 3.63) is 70.3 Å². The summed E-state index contributed by atoms with van der Waals surface area (Å²) in [6, 6.07) is 12.3. The van der Waals surface area contributed by atoms with Gasteiger partial charge in [0, 0.05) is 12.0 Å². The Hall–Kier alpha value is -2.91. The molecule has 1 rings (SSSR count). The molecular weight excluding hydrogens is 368 g/mol. The van der Waals surface area contributed by atoms with Gasteiger partial charge in [0.15, 0.2) is 0 Å². The van der Waals surface area contributed by atoms with Crippen molar-refractivity contribution in [2.24, 2.45) is 0 Å². The van der Waals surface area contributed by atoms with E-state index in [4.69, 9.17) is 5.26 Å². The maximum atomic E-state index is 10.3. The molecule has 0 aliphatic carbocycles. The van der Waals surface area contributed by atoms with Crippen LogP contribution in [0.25, 0.3) is 0 Å². The molecule has 0 heterocycles. The lowest BCUT2D eigenvalue weighted by atomic mass is 10.0. The number of nitrogens with zero attached hydrogens (tertiary/aromatic N) is 2. The molecule has 0 bridgehead atoms. The SMILES string of the molecule is C/C(=C\C/C=C(/C#N)CCC/C(C)=C/CCc1ccc(C#N)cc1)CCCCC=O. The van der Waals surface area contributed by atoms with E-state index in [1.165, 1.54) is 16.7 Å². The van der Waals surface area contributed by atoms with Gasteiger partial charge in [-0.25, -0.2) is 0 Å². The lowest BCUT2D eigenvalue weighted by Gasteiger charge is -2.03. The van der Waals surface area contributed by atoms with Gasteiger partial charge in [-0.3, -0.25) is 0 Å². The zero-order valence-corrected chi connectivity index (χ0v) is 18.5. The van der Waals surface area contributed by atoms with Crippen molar-refractivity contribution >= 4 is 6.29 Å². The number of hydrogen-bond donors (Lipinski definition) is 0. The molecule has 0 fully saturated rings. The van der Waals surface area contributed by atoms with E-state index in [0.717, 1.165) is 69.6 Å². The molecule has 158 valence electrons. The molecule has 0 unspecified atom stereocenters. The minimum absolute atomic E-state index is 0.648. The average molecular weight is 403 g/mol. The maximum absolute atomic E-state index is 10.3. The zero-order chi connectivity index (χ0) is 22.0. The maximum Gasteiger partial charge on any atom is 0.119 e. The number of nitriles is 2. The van der Waals surface area contributed by atoms with Crippen molar-refractivity contribution in [2.75, 3.05) is 0 Å². The normalized spacial score (nSPS) is 12.3. The van der Waals surface area contributed by atoms with Crippen LogP contribution in [0.2, 0.25) is 0 Å². The molecule has 0 radical (unpaired) electrons. The summed E-state index contributed by atoms with van der Waals surface area (Å²) in [6.07, 6.45) is 16.8. The molecule has 3 nitrogen and oxygen atoms in total. The van der Waals surface area contributed by atoms with E-state index >= 15 is 0 Å². The lowest BCUT2D eigenvalue weighted by molar-refractivity contribution is -0.107. The number of aldehydes is 1. The van der Waals surface area contributed by atoms with Crippen molar-refractivity contribution in [3.63, 3.8) is 0 Å². The lowest BCUT2D eigenvalue weighted by Crippen LogP contribution is -1.87. The van der Waals surface area contributed by atoms with Crippen LogP contribution in [0.1, 0.15) is 82.8 Å². The highest BCUT2D eigenvalue weighted by Crippen LogP contribution is 2.15. The van der Waals surface area contributed by atoms with Crippen LogP contribution in [0, 0.1) is 22.7 Å². The summed E-state index contributed by atoms with van der Waals surface area (Å²) in [6.45, 7) is 4.28. The molecule has 0 amide bonds. The van der Waals surface area contributed by atoms with E-state index in [-0.39, 0.29) is 0 Å². The Morgan fingerprint density at radius 1 is 0.867 bits per heavy atom. The third-order valence-corrected chi connectivity index (χ3v) is 5.14. The fourth-order valence-corrected chi connectivity index (χ4v) is 3.23. The quantitative estimate of drug-likeness (QED) is 0.144. The fraction of sp³-hybridized carbons (Fsp3) is 0.444. The first kappa shape index (κ1) is 25.1. The highest BCUT2D eigenvalue weighted by molar-refractivity contribution is 5.48. The van der Waals surface area contributed by atoms with Crippen LogP contribution in [-0.2, 0) is 11.2 Å². The Morgan fingerprint density at radius 2 is 1.57 bits per heavy atom. The van der Waals surface area contributed by atoms with Crippen LogP contribution < -0.4 is 0 Å². The van der Waals surface area contributed by atoms with Crippen LogP contribution in [0.5, 0.6) is 0 Å². The van der Waals surface area contributed by atoms with Crippen molar-refractivity contribution in [3.8, 4) is 12.1 Å². The number of carbonyl (C=O) groups is 1. The van der Waals surface area contributed by atoms with Gasteiger partial charge in [0.1, 0.15) is 6.29 Å². The Morgan fingerprint density at radius 3 is 2.23 bits per heavy atom. The highest BCUT2D eigenvalue weighted by atomic mass is 16.1. The Bertz CT molecular complexity index is 814. The third-order valence-electron chi connectivity index (χ3n) is 5.14. The van der Waals surface area contributed by atoms with Crippen molar-refractivity contribution in [1.82, 2.24) is 0 Å². The Labute approximate surface area is 182 Å². The van der Waals surface area contributed by atoms with Gasteiger partial charge in [0.05, 0.1) is 17.7 Å². The number of carbonyl (C=O) groups excluding carboxylic acids is 1. The first-order chi connectivity index (χ1) is 14.6. The molecule has 0 saturated carbocycles. The van der Waals surface area contributed by atoms with Crippen LogP contribution in [0.3, 0.4) is 0 Å². The van der Waals surface area contributed by atoms with Gasteiger partial charge in [-0.2, -0.15) is 10.5 Å². The van der Waals surface area contributed by atoms with Gasteiger partial charge in [0.25, 0.3) is 0 Å². The van der Waals surface area contributed by atoms with Gasteiger partial charge in [-0.15, -0.1) is 0 Å². The minimum atomic E-state index is 0.648. The molecule has 30 heavy (non-hydrogen) atoms. The molecule has 0 N–H and O–H groups in total. The van der Waals surface area contributed by atoms with E-state index in [0.29, 0.717) is 12.0 Å². The number of allylic oxidation sites excluding steroid dienone is 6. The van der Waals surface area contributed by atoms with E-state index < -0.39 is 0 Å². The van der Waals surface area contributed by atoms with Crippen LogP contribution in [-0.4, -0.2) is 6.29 Å². The first-order valence-electron chi connectivity index (χ1n) is 10.9. The standard InChI is InChI=1S/C27H34N2O/c1-23(9-4-3-5-20-30)11-7-14-26(21-28)15-8-12-24(2)10-6-13-25-16-18-27(22-29)19-17-25/h10-11,14,16-20H,3-9,12-13,15H2,1-2H3/b23-11+,24-10+,26-14+. The Balaban J connectivity index is 2.30. The summed E-state index contributed by atoms with van der Waals surface area (Å²) < 4.78 is 0. The molecule has 0 aliphatic rings. The number of hydrogen-bond acceptors (Lipinski definition) is 3. The second-order valence-electron chi connectivity index (χ2n) is 7.79. The van der Waals surface area contributed by atoms with Crippen LogP contribution >= 0.6 is 0 Å². The van der Waals surface area contributed by atoms with Crippen LogP contribution in [0.15, 0.2) is 59.2 Å². The highest BCUT2D eigenvalue weighted by Gasteiger charge is 1.98. The summed E-state index contributed by atoms with van der Waals surface area (Å²) in [5, 5.41) is 18.2. The third kappa shape index (κ3) is 11.8. The van der Waals surface area contributed by atoms with Gasteiger partial charge >= 0.3 is 0 Å². The van der Waals surface area contributed by atoms with E-state index in [1.807, 2.05) is 30.3 Å². The van der Waals surface area contributed by atoms with Crippen molar-refractivity contribution in [1.29, 1.82) is 10.5 Å². The number of unbranched alkanes of at least 4 members (excludes halogenated alkanes) is 2. The smallest absolute Gasteiger partial charge is 0.119 e. The van der Waals surface area contributed by atoms with E-state index in [1.54, 1.807) is 0 Å². The van der Waals surface area contributed by atoms with Gasteiger partial charge < -0.3 is 4.79 Å². The summed E-state index contributed by atoms with van der Waals surface area (Å²) >= 11 is 0. The molecule has 0 aliphatic heterocycles. The molecule has 0 aromatic heterocycles. The molecular formula is C27H34N2O. The van der Waals surface area contributed by atoms with Gasteiger partial charge in [0.2, 0.25) is 0 Å². The summed E-state index contributed by atoms with van der Waals surface area (Å²) in [4.78, 5) is 10.3. The molecule has 3 heteroatoms. The number of rotatable bonds is 14. The monoisotopic (exact) mass is 402 g/mol. The first-order valence-corrected chi connectivity index (χ1v) is 10.9. The summed E-state index contributed by atoms with van der Waals surface area (Å²) in [7, 11) is 0. The zero-order valence-electron chi connectivity index (χ0n) is 18.5. The molecule has 1 aromatic rings. The van der Waals surface area contributed by atoms with Crippen molar-refractivity contribution < 1.29 is 4.79 Å². The fourth-order valence-electron chi connectivity index (χ4n) is 3.23. The minimum Gasteiger partial charge on any atom is -0.303 e. The van der Waals surface area contributed by atoms with Crippen molar-refractivity contribution in [2.45, 2.75) is 78.1 Å². The van der Waals surface area contributed by atoms with Gasteiger partial charge in [-0.1, -0.05) is 41.5 Å². The van der Waals surface area contributed by atoms with Crippen LogP contribution in [0.4, 0.5) is 0 Å². The van der Waals surface area contributed by atoms with E-state index in [2.05, 4.69) is 38.1 Å². The summed E-state index contributed by atoms with van der Waals surface area (Å²) in [5.41, 5.74) is 5.51. The van der Waals surface area contributed by atoms with E-state index in [9.17, 15) is 10.1 Å². The number of aryl methyl sites for hydroxylation is 1. The second kappa shape index (κ2) is 15.9. The molecule has 0 saturated heterocycles. The largest absolute Gasteiger partial charge is 0.303 e. The summed E-state index contributed by atoms with van der Waals surface area (Å²) in [5.74, 6) is 0. The topological polar surface area (TPSA) is 64.7 Å².